The molecular weight excluding hydrogens is 484 g/mol. The Morgan fingerprint density at radius 1 is 1.03 bits per heavy atom. The maximum absolute atomic E-state index is 13.8. The van der Waals surface area contributed by atoms with E-state index in [0.29, 0.717) is 36.3 Å². The Hall–Kier alpha value is -3.11. The van der Waals surface area contributed by atoms with Gasteiger partial charge in [-0.2, -0.15) is 4.31 Å². The van der Waals surface area contributed by atoms with E-state index in [0.717, 1.165) is 0 Å². The largest absolute Gasteiger partial charge is 0.497 e. The fourth-order valence-electron chi connectivity index (χ4n) is 4.02. The molecular formula is C26H34N2O7S. The first kappa shape index (κ1) is 27.5. The van der Waals surface area contributed by atoms with Crippen molar-refractivity contribution in [3.8, 4) is 5.75 Å². The number of methoxy groups -OCH3 is 2. The Morgan fingerprint density at radius 3 is 2.22 bits per heavy atom. The van der Waals surface area contributed by atoms with Crippen LogP contribution in [0.25, 0.3) is 0 Å². The predicted octanol–water partition coefficient (Wildman–Crippen LogP) is 4.07. The Bertz CT molecular complexity index is 1160. The van der Waals surface area contributed by atoms with E-state index in [-0.39, 0.29) is 18.0 Å². The average Bonchev–Trinajstić information content (AvgIpc) is 2.86. The number of amides is 1. The van der Waals surface area contributed by atoms with Crippen LogP contribution >= 0.6 is 0 Å². The molecule has 2 aromatic rings. The molecule has 1 amide bonds. The first-order chi connectivity index (χ1) is 16.9. The van der Waals surface area contributed by atoms with Gasteiger partial charge in [-0.1, -0.05) is 12.1 Å². The number of likely N-dealkylation sites (tertiary alicyclic amines) is 1. The average molecular weight is 519 g/mol. The van der Waals surface area contributed by atoms with Crippen molar-refractivity contribution in [2.24, 2.45) is 0 Å². The summed E-state index contributed by atoms with van der Waals surface area (Å²) in [6.45, 7) is 6.17. The first-order valence-electron chi connectivity index (χ1n) is 11.8. The van der Waals surface area contributed by atoms with Crippen LogP contribution in [-0.4, -0.2) is 68.6 Å². The van der Waals surface area contributed by atoms with Crippen molar-refractivity contribution >= 4 is 22.1 Å². The number of rotatable bonds is 7. The van der Waals surface area contributed by atoms with E-state index in [1.807, 2.05) is 0 Å². The van der Waals surface area contributed by atoms with E-state index >= 15 is 0 Å². The third kappa shape index (κ3) is 6.76. The van der Waals surface area contributed by atoms with Crippen molar-refractivity contribution < 1.29 is 32.2 Å². The highest BCUT2D eigenvalue weighted by Gasteiger charge is 2.36. The van der Waals surface area contributed by atoms with E-state index in [4.69, 9.17) is 14.2 Å². The first-order valence-corrected chi connectivity index (χ1v) is 13.2. The molecule has 1 saturated heterocycles. The molecule has 1 aliphatic rings. The molecule has 1 atom stereocenters. The summed E-state index contributed by atoms with van der Waals surface area (Å²) in [5.41, 5.74) is 0.425. The number of hydrogen-bond acceptors (Lipinski definition) is 7. The summed E-state index contributed by atoms with van der Waals surface area (Å²) in [6, 6.07) is 12.4. The number of hydrogen-bond donors (Lipinski definition) is 0. The highest BCUT2D eigenvalue weighted by atomic mass is 32.2. The van der Waals surface area contributed by atoms with Gasteiger partial charge in [0.25, 0.3) is 0 Å². The Morgan fingerprint density at radius 2 is 1.67 bits per heavy atom. The molecule has 1 heterocycles. The zero-order valence-corrected chi connectivity index (χ0v) is 22.2. The van der Waals surface area contributed by atoms with E-state index in [2.05, 4.69) is 0 Å². The number of nitrogens with zero attached hydrogens (tertiary/aromatic N) is 2. The van der Waals surface area contributed by atoms with Crippen molar-refractivity contribution in [3.05, 3.63) is 59.7 Å². The predicted molar refractivity (Wildman–Crippen MR) is 134 cm³/mol. The van der Waals surface area contributed by atoms with E-state index in [1.165, 1.54) is 30.7 Å². The SMILES string of the molecule is COC(=O)c1ccc(CN(C2CCCN(C(=O)OC(C)(C)C)C2)S(=O)(=O)c2ccc(OC)cc2)cc1. The van der Waals surface area contributed by atoms with E-state index in [9.17, 15) is 18.0 Å². The van der Waals surface area contributed by atoms with Crippen LogP contribution in [0.15, 0.2) is 53.4 Å². The maximum atomic E-state index is 13.8. The van der Waals surface area contributed by atoms with Gasteiger partial charge in [-0.05, 0) is 75.6 Å². The van der Waals surface area contributed by atoms with E-state index in [1.54, 1.807) is 62.1 Å². The van der Waals surface area contributed by atoms with Gasteiger partial charge in [0, 0.05) is 25.7 Å². The highest BCUT2D eigenvalue weighted by molar-refractivity contribution is 7.89. The summed E-state index contributed by atoms with van der Waals surface area (Å²) in [7, 11) is -1.11. The summed E-state index contributed by atoms with van der Waals surface area (Å²) >= 11 is 0. The Labute approximate surface area is 213 Å². The lowest BCUT2D eigenvalue weighted by atomic mass is 10.1. The third-order valence-corrected chi connectivity index (χ3v) is 7.75. The van der Waals surface area contributed by atoms with Gasteiger partial charge >= 0.3 is 12.1 Å². The zero-order chi connectivity index (χ0) is 26.5. The normalized spacial score (nSPS) is 16.5. The molecule has 0 aromatic heterocycles. The fourth-order valence-corrected chi connectivity index (χ4v) is 5.65. The molecule has 36 heavy (non-hydrogen) atoms. The highest BCUT2D eigenvalue weighted by Crippen LogP contribution is 2.28. The Kier molecular flexibility index (Phi) is 8.63. The van der Waals surface area contributed by atoms with Crippen LogP contribution in [0.2, 0.25) is 0 Å². The molecule has 0 aliphatic carbocycles. The van der Waals surface area contributed by atoms with Gasteiger partial charge < -0.3 is 19.1 Å². The number of ether oxygens (including phenoxy) is 3. The topological polar surface area (TPSA) is 102 Å². The van der Waals surface area contributed by atoms with Crippen LogP contribution in [0.4, 0.5) is 4.79 Å². The number of carbonyl (C=O) groups excluding carboxylic acids is 2. The van der Waals surface area contributed by atoms with Crippen molar-refractivity contribution in [1.29, 1.82) is 0 Å². The molecule has 2 aromatic carbocycles. The van der Waals surface area contributed by atoms with Gasteiger partial charge in [-0.15, -0.1) is 0 Å². The lowest BCUT2D eigenvalue weighted by molar-refractivity contribution is 0.0152. The molecule has 1 unspecified atom stereocenters. The molecule has 196 valence electrons. The van der Waals surface area contributed by atoms with E-state index < -0.39 is 33.7 Å². The number of piperidine rings is 1. The minimum Gasteiger partial charge on any atom is -0.497 e. The molecule has 0 saturated carbocycles. The van der Waals surface area contributed by atoms with Crippen LogP contribution < -0.4 is 4.74 Å². The monoisotopic (exact) mass is 518 g/mol. The number of sulfonamides is 1. The summed E-state index contributed by atoms with van der Waals surface area (Å²) in [4.78, 5) is 26.2. The molecule has 0 N–H and O–H groups in total. The standard InChI is InChI=1S/C26H34N2O7S/c1-26(2,3)35-25(30)27-16-6-7-21(18-27)28(17-19-8-10-20(11-9-19)24(29)34-5)36(31,32)23-14-12-22(33-4)13-15-23/h8-15,21H,6-7,16-18H2,1-5H3. The van der Waals surface area contributed by atoms with Crippen molar-refractivity contribution in [1.82, 2.24) is 9.21 Å². The van der Waals surface area contributed by atoms with Gasteiger partial charge in [0.2, 0.25) is 10.0 Å². The Balaban J connectivity index is 1.93. The second-order valence-electron chi connectivity index (χ2n) is 9.64. The second kappa shape index (κ2) is 11.3. The van der Waals surface area contributed by atoms with Crippen LogP contribution in [0, 0.1) is 0 Å². The van der Waals surface area contributed by atoms with Gasteiger partial charge in [0.15, 0.2) is 0 Å². The van der Waals surface area contributed by atoms with Crippen LogP contribution in [-0.2, 0) is 26.0 Å². The molecule has 0 spiro atoms. The lowest BCUT2D eigenvalue weighted by Crippen LogP contribution is -2.52. The third-order valence-electron chi connectivity index (χ3n) is 5.83. The molecule has 9 nitrogen and oxygen atoms in total. The van der Waals surface area contributed by atoms with Crippen LogP contribution in [0.5, 0.6) is 5.75 Å². The lowest BCUT2D eigenvalue weighted by Gasteiger charge is -2.39. The van der Waals surface area contributed by atoms with Crippen molar-refractivity contribution in [2.75, 3.05) is 27.3 Å². The fraction of sp³-hybridized carbons (Fsp3) is 0.462. The number of carbonyl (C=O) groups is 2. The quantitative estimate of drug-likeness (QED) is 0.509. The number of benzene rings is 2. The maximum Gasteiger partial charge on any atom is 0.410 e. The van der Waals surface area contributed by atoms with Crippen LogP contribution in [0.3, 0.4) is 0 Å². The minimum absolute atomic E-state index is 0.0721. The molecule has 0 bridgehead atoms. The van der Waals surface area contributed by atoms with Gasteiger partial charge in [0.1, 0.15) is 11.4 Å². The molecule has 3 rings (SSSR count). The summed E-state index contributed by atoms with van der Waals surface area (Å²) < 4.78 is 44.6. The smallest absolute Gasteiger partial charge is 0.410 e. The summed E-state index contributed by atoms with van der Waals surface area (Å²) in [5, 5.41) is 0. The minimum atomic E-state index is -3.93. The van der Waals surface area contributed by atoms with Gasteiger partial charge in [0.05, 0.1) is 24.7 Å². The van der Waals surface area contributed by atoms with Gasteiger partial charge in [-0.3, -0.25) is 0 Å². The summed E-state index contributed by atoms with van der Waals surface area (Å²) in [5.74, 6) is 0.0807. The van der Waals surface area contributed by atoms with Crippen LogP contribution in [0.1, 0.15) is 49.5 Å². The van der Waals surface area contributed by atoms with Crippen molar-refractivity contribution in [3.63, 3.8) is 0 Å². The second-order valence-corrected chi connectivity index (χ2v) is 11.5. The molecule has 0 radical (unpaired) electrons. The molecule has 1 aliphatic heterocycles. The van der Waals surface area contributed by atoms with Crippen molar-refractivity contribution in [2.45, 2.75) is 56.7 Å². The van der Waals surface area contributed by atoms with Gasteiger partial charge in [-0.25, -0.2) is 18.0 Å². The molecule has 10 heteroatoms. The molecule has 1 fully saturated rings. The zero-order valence-electron chi connectivity index (χ0n) is 21.4. The summed E-state index contributed by atoms with van der Waals surface area (Å²) in [6.07, 6.45) is 0.769. The number of esters is 1.